The molecule has 27 heavy (non-hydrogen) atoms. The molecule has 1 N–H and O–H groups in total. The summed E-state index contributed by atoms with van der Waals surface area (Å²) in [6, 6.07) is 11.5. The molecule has 0 spiro atoms. The maximum atomic E-state index is 12.2. The molecule has 0 atom stereocenters. The third-order valence-corrected chi connectivity index (χ3v) is 6.04. The van der Waals surface area contributed by atoms with Gasteiger partial charge in [0.15, 0.2) is 0 Å². The first kappa shape index (κ1) is 20.6. The predicted octanol–water partition coefficient (Wildman–Crippen LogP) is 5.15. The molecule has 3 amide bonds. The van der Waals surface area contributed by atoms with Crippen LogP contribution in [0, 0.1) is 7.14 Å². The molecule has 2 aromatic carbocycles. The van der Waals surface area contributed by atoms with Crippen molar-refractivity contribution in [3.63, 3.8) is 0 Å². The van der Waals surface area contributed by atoms with Crippen molar-refractivity contribution in [2.45, 2.75) is 13.5 Å². The zero-order valence-electron chi connectivity index (χ0n) is 14.3. The molecule has 1 aliphatic rings. The molecule has 2 aromatic rings. The highest BCUT2D eigenvalue weighted by molar-refractivity contribution is 14.1. The van der Waals surface area contributed by atoms with Crippen molar-refractivity contribution >= 4 is 79.1 Å². The van der Waals surface area contributed by atoms with Crippen LogP contribution in [0.3, 0.4) is 0 Å². The minimum atomic E-state index is -0.382. The van der Waals surface area contributed by atoms with Crippen molar-refractivity contribution in [2.24, 2.45) is 0 Å². The highest BCUT2D eigenvalue weighted by Crippen LogP contribution is 2.31. The zero-order valence-corrected chi connectivity index (χ0v) is 20.2. The summed E-state index contributed by atoms with van der Waals surface area (Å²) < 4.78 is 8.90. The second kappa shape index (κ2) is 8.91. The van der Waals surface area contributed by atoms with E-state index < -0.39 is 0 Å². The summed E-state index contributed by atoms with van der Waals surface area (Å²) in [5.74, 6) is 0.501. The number of nitrogens with one attached hydrogen (secondary N) is 1. The number of hydrogen-bond acceptors (Lipinski definition) is 3. The highest BCUT2D eigenvalue weighted by Gasteiger charge is 2.32. The number of urea groups is 1. The van der Waals surface area contributed by atoms with E-state index in [9.17, 15) is 9.59 Å². The molecule has 140 valence electrons. The number of halogens is 3. The molecule has 0 radical (unpaired) electrons. The van der Waals surface area contributed by atoms with E-state index in [-0.39, 0.29) is 17.6 Å². The van der Waals surface area contributed by atoms with Crippen LogP contribution in [0.1, 0.15) is 18.1 Å². The summed E-state index contributed by atoms with van der Waals surface area (Å²) >= 11 is 7.86. The van der Waals surface area contributed by atoms with E-state index in [2.05, 4.69) is 66.4 Å². The van der Waals surface area contributed by atoms with Crippen molar-refractivity contribution in [2.75, 3.05) is 6.54 Å². The fourth-order valence-corrected chi connectivity index (χ4v) is 4.95. The smallest absolute Gasteiger partial charge is 0.328 e. The first-order valence-electron chi connectivity index (χ1n) is 8.10. The largest absolute Gasteiger partial charge is 0.487 e. The Hall–Kier alpha value is -1.14. The van der Waals surface area contributed by atoms with Gasteiger partial charge >= 0.3 is 6.03 Å². The Kier molecular flexibility index (Phi) is 6.79. The number of nitrogens with zero attached hydrogens (tertiary/aromatic N) is 1. The Morgan fingerprint density at radius 1 is 1.15 bits per heavy atom. The van der Waals surface area contributed by atoms with Gasteiger partial charge < -0.3 is 10.1 Å². The lowest BCUT2D eigenvalue weighted by Gasteiger charge is -2.12. The molecule has 8 heteroatoms. The van der Waals surface area contributed by atoms with Gasteiger partial charge in [0.05, 0.1) is 7.14 Å². The molecule has 1 heterocycles. The van der Waals surface area contributed by atoms with Crippen LogP contribution in [0.2, 0.25) is 0 Å². The molecule has 0 aliphatic carbocycles. The molecule has 5 nitrogen and oxygen atoms in total. The van der Waals surface area contributed by atoms with Crippen LogP contribution in [-0.2, 0) is 11.4 Å². The minimum absolute atomic E-state index is 0.289. The van der Waals surface area contributed by atoms with Gasteiger partial charge in [0.1, 0.15) is 18.1 Å². The second-order valence-electron chi connectivity index (χ2n) is 5.77. The van der Waals surface area contributed by atoms with Gasteiger partial charge in [-0.05, 0) is 93.6 Å². The molecule has 0 unspecified atom stereocenters. The molecule has 0 aromatic heterocycles. The summed E-state index contributed by atoms with van der Waals surface area (Å²) in [6.07, 6.45) is 1.69. The van der Waals surface area contributed by atoms with Gasteiger partial charge in [-0.3, -0.25) is 9.69 Å². The van der Waals surface area contributed by atoms with Crippen molar-refractivity contribution < 1.29 is 14.3 Å². The van der Waals surface area contributed by atoms with Crippen LogP contribution >= 0.6 is 61.1 Å². The summed E-state index contributed by atoms with van der Waals surface area (Å²) in [5, 5.41) is 2.62. The van der Waals surface area contributed by atoms with Crippen molar-refractivity contribution in [3.05, 3.63) is 64.8 Å². The van der Waals surface area contributed by atoms with Crippen LogP contribution in [0.15, 0.2) is 46.6 Å². The van der Waals surface area contributed by atoms with E-state index in [1.54, 1.807) is 13.0 Å². The molecule has 0 bridgehead atoms. The molecular weight excluding hydrogens is 638 g/mol. The lowest BCUT2D eigenvalue weighted by molar-refractivity contribution is -0.122. The number of hydrogen-bond donors (Lipinski definition) is 1. The zero-order chi connectivity index (χ0) is 19.6. The fraction of sp³-hybridized carbons (Fsp3) is 0.158. The number of carbonyl (C=O) groups excluding carboxylic acids is 2. The maximum absolute atomic E-state index is 12.2. The molecule has 1 fully saturated rings. The predicted molar refractivity (Wildman–Crippen MR) is 124 cm³/mol. The van der Waals surface area contributed by atoms with E-state index >= 15 is 0 Å². The Morgan fingerprint density at radius 2 is 1.78 bits per heavy atom. The molecule has 1 saturated heterocycles. The fourth-order valence-electron chi connectivity index (χ4n) is 2.56. The van der Waals surface area contributed by atoms with Gasteiger partial charge in [-0.15, -0.1) is 0 Å². The third-order valence-electron chi connectivity index (χ3n) is 3.91. The van der Waals surface area contributed by atoms with Gasteiger partial charge in [-0.1, -0.05) is 28.1 Å². The van der Waals surface area contributed by atoms with Gasteiger partial charge in [0.25, 0.3) is 5.91 Å². The highest BCUT2D eigenvalue weighted by atomic mass is 127. The minimum Gasteiger partial charge on any atom is -0.487 e. The van der Waals surface area contributed by atoms with Crippen LogP contribution in [0.4, 0.5) is 4.79 Å². The topological polar surface area (TPSA) is 58.6 Å². The molecular formula is C19H15BrI2N2O3. The average Bonchev–Trinajstić information content (AvgIpc) is 2.88. The summed E-state index contributed by atoms with van der Waals surface area (Å²) in [7, 11) is 0. The van der Waals surface area contributed by atoms with E-state index in [1.165, 1.54) is 4.90 Å². The lowest BCUT2D eigenvalue weighted by atomic mass is 10.2. The Morgan fingerprint density at radius 3 is 2.33 bits per heavy atom. The normalized spacial score (nSPS) is 15.4. The number of likely N-dealkylation sites (N-methyl/N-ethyl adjacent to an activating group) is 1. The van der Waals surface area contributed by atoms with Crippen LogP contribution in [0.25, 0.3) is 6.08 Å². The van der Waals surface area contributed by atoms with Crippen molar-refractivity contribution in [3.8, 4) is 5.75 Å². The Balaban J connectivity index is 1.79. The summed E-state index contributed by atoms with van der Waals surface area (Å²) in [4.78, 5) is 25.2. The summed E-state index contributed by atoms with van der Waals surface area (Å²) in [6.45, 7) is 2.59. The van der Waals surface area contributed by atoms with E-state index in [0.717, 1.165) is 28.5 Å². The van der Waals surface area contributed by atoms with E-state index in [1.807, 2.05) is 36.4 Å². The number of rotatable bonds is 5. The van der Waals surface area contributed by atoms with Crippen LogP contribution < -0.4 is 10.1 Å². The van der Waals surface area contributed by atoms with Crippen LogP contribution in [-0.4, -0.2) is 23.4 Å². The lowest BCUT2D eigenvalue weighted by Crippen LogP contribution is -2.30. The number of carbonyl (C=O) groups is 2. The Bertz CT molecular complexity index is 906. The summed E-state index contributed by atoms with van der Waals surface area (Å²) in [5.41, 5.74) is 2.20. The second-order valence-corrected chi connectivity index (χ2v) is 9.01. The van der Waals surface area contributed by atoms with E-state index in [0.29, 0.717) is 13.2 Å². The first-order chi connectivity index (χ1) is 12.9. The SMILES string of the molecule is CCN1C(=O)N/C(=C/c2cc(I)c(OCc3ccc(Br)cc3)c(I)c2)C1=O. The van der Waals surface area contributed by atoms with Gasteiger partial charge in [0.2, 0.25) is 0 Å². The number of benzene rings is 2. The van der Waals surface area contributed by atoms with Gasteiger partial charge in [-0.25, -0.2) is 4.79 Å². The quantitative estimate of drug-likeness (QED) is 0.276. The molecule has 0 saturated carbocycles. The van der Waals surface area contributed by atoms with Crippen molar-refractivity contribution in [1.82, 2.24) is 10.2 Å². The number of amides is 3. The van der Waals surface area contributed by atoms with Crippen LogP contribution in [0.5, 0.6) is 5.75 Å². The molecule has 1 aliphatic heterocycles. The first-order valence-corrected chi connectivity index (χ1v) is 11.0. The standard InChI is InChI=1S/C19H15BrI2N2O3/c1-2-24-18(25)16(23-19(24)26)9-12-7-14(21)17(15(22)8-12)27-10-11-3-5-13(20)6-4-11/h3-9H,2,10H2,1H3,(H,23,26)/b16-9+. The monoisotopic (exact) mass is 652 g/mol. The maximum Gasteiger partial charge on any atom is 0.328 e. The number of imide groups is 1. The Labute approximate surface area is 192 Å². The van der Waals surface area contributed by atoms with Gasteiger partial charge in [0, 0.05) is 11.0 Å². The third kappa shape index (κ3) is 4.83. The average molecular weight is 653 g/mol. The number of ether oxygens (including phenoxy) is 1. The van der Waals surface area contributed by atoms with Crippen molar-refractivity contribution in [1.29, 1.82) is 0 Å². The van der Waals surface area contributed by atoms with Gasteiger partial charge in [-0.2, -0.15) is 0 Å². The molecule has 3 rings (SSSR count). The van der Waals surface area contributed by atoms with E-state index in [4.69, 9.17) is 4.74 Å².